The number of H-pyrrole nitrogens is 1. The molecule has 0 aliphatic heterocycles. The lowest BCUT2D eigenvalue weighted by atomic mass is 9.94. The van der Waals surface area contributed by atoms with Crippen LogP contribution in [0.5, 0.6) is 0 Å². The Balaban J connectivity index is 2.04. The summed E-state index contributed by atoms with van der Waals surface area (Å²) in [5, 5.41) is 0.194. The molecule has 0 unspecified atom stereocenters. The number of aromatic amines is 1. The van der Waals surface area contributed by atoms with E-state index in [2.05, 4.69) is 14.7 Å². The Morgan fingerprint density at radius 3 is 2.79 bits per heavy atom. The fraction of sp³-hybridized carbons (Fsp3) is 0.571. The van der Waals surface area contributed by atoms with E-state index in [1.54, 1.807) is 0 Å². The molecule has 2 N–H and O–H groups in total. The van der Waals surface area contributed by atoms with Gasteiger partial charge in [-0.05, 0) is 12.8 Å². The summed E-state index contributed by atoms with van der Waals surface area (Å²) in [5.41, 5.74) is 0. The molecule has 0 saturated heterocycles. The summed E-state index contributed by atoms with van der Waals surface area (Å²) < 4.78 is 25.7. The van der Waals surface area contributed by atoms with Crippen LogP contribution < -0.4 is 4.72 Å². The average Bonchev–Trinajstić information content (AvgIpc) is 2.52. The molecule has 7 heteroatoms. The normalized spacial score (nSPS) is 27.2. The minimum atomic E-state index is -3.43. The van der Waals surface area contributed by atoms with Crippen LogP contribution in [0, 0.1) is 0 Å². The summed E-state index contributed by atoms with van der Waals surface area (Å²) in [4.78, 5) is 6.20. The van der Waals surface area contributed by atoms with Crippen LogP contribution in [0.3, 0.4) is 0 Å². The van der Waals surface area contributed by atoms with Crippen LogP contribution in [0.25, 0.3) is 0 Å². The molecule has 1 aliphatic carbocycles. The molecule has 0 bridgehead atoms. The van der Waals surface area contributed by atoms with Crippen LogP contribution >= 0.6 is 11.6 Å². The maximum absolute atomic E-state index is 11.6. The molecule has 0 spiro atoms. The van der Waals surface area contributed by atoms with E-state index in [-0.39, 0.29) is 16.4 Å². The molecule has 78 valence electrons. The van der Waals surface area contributed by atoms with Crippen molar-refractivity contribution < 1.29 is 8.42 Å². The van der Waals surface area contributed by atoms with Gasteiger partial charge in [-0.1, -0.05) is 0 Å². The van der Waals surface area contributed by atoms with Crippen LogP contribution in [0.4, 0.5) is 0 Å². The molecule has 0 aromatic carbocycles. The van der Waals surface area contributed by atoms with Gasteiger partial charge in [0, 0.05) is 11.4 Å². The fourth-order valence-electron chi connectivity index (χ4n) is 1.32. The van der Waals surface area contributed by atoms with Gasteiger partial charge < -0.3 is 4.98 Å². The second-order valence-electron chi connectivity index (χ2n) is 3.30. The fourth-order valence-corrected chi connectivity index (χ4v) is 2.91. The Morgan fingerprint density at radius 2 is 2.29 bits per heavy atom. The number of imidazole rings is 1. The maximum Gasteiger partial charge on any atom is 0.257 e. The van der Waals surface area contributed by atoms with Crippen LogP contribution in [0.1, 0.15) is 12.8 Å². The Hall–Kier alpha value is -0.590. The molecule has 2 rings (SSSR count). The van der Waals surface area contributed by atoms with Crippen molar-refractivity contribution in [2.24, 2.45) is 0 Å². The van der Waals surface area contributed by atoms with Crippen LogP contribution in [0.15, 0.2) is 17.6 Å². The highest BCUT2D eigenvalue weighted by Crippen LogP contribution is 2.26. The summed E-state index contributed by atoms with van der Waals surface area (Å²) in [6.45, 7) is 0. The zero-order chi connectivity index (χ0) is 10.2. The molecule has 1 saturated carbocycles. The van der Waals surface area contributed by atoms with Gasteiger partial charge in [-0.3, -0.25) is 0 Å². The summed E-state index contributed by atoms with van der Waals surface area (Å²) in [6.07, 6.45) is 3.99. The number of alkyl halides is 1. The highest BCUT2D eigenvalue weighted by atomic mass is 35.5. The predicted molar refractivity (Wildman–Crippen MR) is 51.6 cm³/mol. The average molecular weight is 236 g/mol. The first kappa shape index (κ1) is 9.95. The SMILES string of the molecule is O=S(=O)(NC1CC(Cl)C1)c1cnc[nH]1. The summed E-state index contributed by atoms with van der Waals surface area (Å²) >= 11 is 5.74. The van der Waals surface area contributed by atoms with Crippen molar-refractivity contribution >= 4 is 21.6 Å². The predicted octanol–water partition coefficient (Wildman–Crippen LogP) is 0.458. The third-order valence-electron chi connectivity index (χ3n) is 2.17. The van der Waals surface area contributed by atoms with E-state index in [0.717, 1.165) is 0 Å². The van der Waals surface area contributed by atoms with Crippen LogP contribution in [-0.4, -0.2) is 29.8 Å². The van der Waals surface area contributed by atoms with Gasteiger partial charge in [0.2, 0.25) is 0 Å². The molecular formula is C7H10ClN3O2S. The number of rotatable bonds is 3. The second-order valence-corrected chi connectivity index (χ2v) is 5.60. The largest absolute Gasteiger partial charge is 0.335 e. The number of hydrogen-bond donors (Lipinski definition) is 2. The lowest BCUT2D eigenvalue weighted by molar-refractivity contribution is 0.391. The van der Waals surface area contributed by atoms with E-state index >= 15 is 0 Å². The third kappa shape index (κ3) is 1.92. The molecule has 1 aromatic rings. The molecular weight excluding hydrogens is 226 g/mol. The van der Waals surface area contributed by atoms with E-state index in [0.29, 0.717) is 12.8 Å². The van der Waals surface area contributed by atoms with Crippen LogP contribution in [-0.2, 0) is 10.0 Å². The maximum atomic E-state index is 11.6. The van der Waals surface area contributed by atoms with Crippen molar-refractivity contribution in [3.63, 3.8) is 0 Å². The molecule has 5 nitrogen and oxygen atoms in total. The molecule has 1 aliphatic rings. The summed E-state index contributed by atoms with van der Waals surface area (Å²) in [5.74, 6) is 0. The quantitative estimate of drug-likeness (QED) is 0.748. The number of halogens is 1. The monoisotopic (exact) mass is 235 g/mol. The lowest BCUT2D eigenvalue weighted by Crippen LogP contribution is -2.44. The number of hydrogen-bond acceptors (Lipinski definition) is 3. The Bertz CT molecular complexity index is 397. The topological polar surface area (TPSA) is 74.8 Å². The minimum Gasteiger partial charge on any atom is -0.335 e. The Kier molecular flexibility index (Phi) is 2.50. The first-order valence-electron chi connectivity index (χ1n) is 4.23. The van der Waals surface area contributed by atoms with Gasteiger partial charge >= 0.3 is 0 Å². The zero-order valence-corrected chi connectivity index (χ0v) is 8.85. The van der Waals surface area contributed by atoms with Crippen molar-refractivity contribution in [2.75, 3.05) is 0 Å². The second kappa shape index (κ2) is 3.52. The Morgan fingerprint density at radius 1 is 1.57 bits per heavy atom. The third-order valence-corrected chi connectivity index (χ3v) is 3.97. The van der Waals surface area contributed by atoms with E-state index in [1.165, 1.54) is 12.5 Å². The minimum absolute atomic E-state index is 0.0363. The van der Waals surface area contributed by atoms with Gasteiger partial charge in [-0.15, -0.1) is 11.6 Å². The standard InChI is InChI=1S/C7H10ClN3O2S/c8-5-1-6(2-5)11-14(12,13)7-3-9-4-10-7/h3-6,11H,1-2H2,(H,9,10). The van der Waals surface area contributed by atoms with Crippen LogP contribution in [0.2, 0.25) is 0 Å². The van der Waals surface area contributed by atoms with E-state index < -0.39 is 10.0 Å². The van der Waals surface area contributed by atoms with Gasteiger partial charge in [-0.2, -0.15) is 0 Å². The van der Waals surface area contributed by atoms with Gasteiger partial charge in [-0.25, -0.2) is 18.1 Å². The Labute approximate surface area is 86.9 Å². The number of nitrogens with one attached hydrogen (secondary N) is 2. The lowest BCUT2D eigenvalue weighted by Gasteiger charge is -2.30. The molecule has 1 heterocycles. The molecule has 14 heavy (non-hydrogen) atoms. The van der Waals surface area contributed by atoms with Gasteiger partial charge in [0.25, 0.3) is 10.0 Å². The molecule has 0 atom stereocenters. The van der Waals surface area contributed by atoms with Crippen molar-refractivity contribution in [2.45, 2.75) is 29.3 Å². The van der Waals surface area contributed by atoms with Gasteiger partial charge in [0.1, 0.15) is 0 Å². The number of sulfonamides is 1. The van der Waals surface area contributed by atoms with Crippen molar-refractivity contribution in [3.8, 4) is 0 Å². The van der Waals surface area contributed by atoms with Crippen molar-refractivity contribution in [3.05, 3.63) is 12.5 Å². The highest BCUT2D eigenvalue weighted by Gasteiger charge is 2.31. The first-order valence-corrected chi connectivity index (χ1v) is 6.14. The van der Waals surface area contributed by atoms with Gasteiger partial charge in [0.05, 0.1) is 12.5 Å². The summed E-state index contributed by atoms with van der Waals surface area (Å²) in [6, 6.07) is -0.0363. The molecule has 1 aromatic heterocycles. The smallest absolute Gasteiger partial charge is 0.257 e. The van der Waals surface area contributed by atoms with E-state index in [4.69, 9.17) is 11.6 Å². The van der Waals surface area contributed by atoms with Crippen molar-refractivity contribution in [1.29, 1.82) is 0 Å². The number of nitrogens with zero attached hydrogens (tertiary/aromatic N) is 1. The highest BCUT2D eigenvalue weighted by molar-refractivity contribution is 7.89. The first-order chi connectivity index (χ1) is 6.58. The van der Waals surface area contributed by atoms with Crippen molar-refractivity contribution in [1.82, 2.24) is 14.7 Å². The molecule has 1 fully saturated rings. The summed E-state index contributed by atoms with van der Waals surface area (Å²) in [7, 11) is -3.43. The van der Waals surface area contributed by atoms with Gasteiger partial charge in [0.15, 0.2) is 5.03 Å². The molecule has 0 radical (unpaired) electrons. The van der Waals surface area contributed by atoms with E-state index in [9.17, 15) is 8.42 Å². The van der Waals surface area contributed by atoms with E-state index in [1.807, 2.05) is 0 Å². The molecule has 0 amide bonds. The number of aromatic nitrogens is 2. The zero-order valence-electron chi connectivity index (χ0n) is 7.27.